The summed E-state index contributed by atoms with van der Waals surface area (Å²) in [6.07, 6.45) is 1.92. The highest BCUT2D eigenvalue weighted by Crippen LogP contribution is 2.26. The second kappa shape index (κ2) is 12.3. The monoisotopic (exact) mass is 615 g/mol. The fourth-order valence-corrected chi connectivity index (χ4v) is 6.95. The minimum atomic E-state index is -3.85. The van der Waals surface area contributed by atoms with Crippen molar-refractivity contribution < 1.29 is 21.6 Å². The number of benzene rings is 4. The van der Waals surface area contributed by atoms with Gasteiger partial charge in [-0.15, -0.1) is 11.8 Å². The van der Waals surface area contributed by atoms with Crippen LogP contribution in [0.4, 0.5) is 17.1 Å². The number of nitrogens with one attached hydrogen (secondary N) is 2. The second-order valence-electron chi connectivity index (χ2n) is 8.49. The lowest BCUT2D eigenvalue weighted by atomic mass is 10.2. The number of sulfonamides is 2. The van der Waals surface area contributed by atoms with Crippen molar-refractivity contribution in [2.45, 2.75) is 21.6 Å². The Labute approximate surface area is 243 Å². The molecule has 0 saturated carbocycles. The number of thioether (sulfide) groups is 1. The smallest absolute Gasteiger partial charge is 0.264 e. The highest BCUT2D eigenvalue weighted by molar-refractivity contribution is 7.98. The van der Waals surface area contributed by atoms with Crippen LogP contribution in [0.2, 0.25) is 5.02 Å². The third-order valence-corrected chi connectivity index (χ3v) is 10.1. The SMILES string of the molecule is CCN(c1ccc(C(=O)Nc2ccc(S(=O)(=O)Nc3cccc(Cl)c3)cc2)cc1)S(=O)(=O)c1ccc(SC)cc1. The molecule has 0 unspecified atom stereocenters. The molecular formula is C28H26ClN3O5S3. The van der Waals surface area contributed by atoms with Crippen molar-refractivity contribution in [3.63, 3.8) is 0 Å². The largest absolute Gasteiger partial charge is 0.322 e. The highest BCUT2D eigenvalue weighted by atomic mass is 35.5. The first-order chi connectivity index (χ1) is 19.0. The van der Waals surface area contributed by atoms with Gasteiger partial charge in [-0.2, -0.15) is 0 Å². The number of carbonyl (C=O) groups is 1. The Morgan fingerprint density at radius 3 is 2.02 bits per heavy atom. The normalized spacial score (nSPS) is 11.6. The molecule has 4 aromatic carbocycles. The van der Waals surface area contributed by atoms with Crippen molar-refractivity contribution in [2.75, 3.05) is 27.1 Å². The van der Waals surface area contributed by atoms with Crippen molar-refractivity contribution in [3.05, 3.63) is 108 Å². The topological polar surface area (TPSA) is 113 Å². The maximum atomic E-state index is 13.2. The standard InChI is InChI=1S/C28H26ClN3O5S3/c1-3-32(40(36,37)27-17-13-25(38-2)14-18-27)24-11-7-20(8-12-24)28(33)30-22-9-15-26(16-10-22)39(34,35)31-23-6-4-5-21(29)19-23/h4-19,31H,3H2,1-2H3,(H,30,33). The molecule has 8 nitrogen and oxygen atoms in total. The van der Waals surface area contributed by atoms with E-state index in [1.165, 1.54) is 58.5 Å². The van der Waals surface area contributed by atoms with Gasteiger partial charge in [-0.05, 0) is 104 Å². The molecule has 4 aromatic rings. The lowest BCUT2D eigenvalue weighted by Crippen LogP contribution is -2.30. The summed E-state index contributed by atoms with van der Waals surface area (Å²) in [5.41, 5.74) is 1.45. The van der Waals surface area contributed by atoms with Crippen LogP contribution in [0, 0.1) is 0 Å². The van der Waals surface area contributed by atoms with Crippen LogP contribution in [0.5, 0.6) is 0 Å². The Morgan fingerprint density at radius 2 is 1.45 bits per heavy atom. The number of halogens is 1. The van der Waals surface area contributed by atoms with Gasteiger partial charge in [-0.1, -0.05) is 17.7 Å². The predicted molar refractivity (Wildman–Crippen MR) is 162 cm³/mol. The molecule has 0 bridgehead atoms. The van der Waals surface area contributed by atoms with E-state index in [1.807, 2.05) is 6.26 Å². The number of nitrogens with zero attached hydrogens (tertiary/aromatic N) is 1. The summed E-state index contributed by atoms with van der Waals surface area (Å²) in [5.74, 6) is -0.433. The van der Waals surface area contributed by atoms with E-state index in [2.05, 4.69) is 10.0 Å². The summed E-state index contributed by atoms with van der Waals surface area (Å²) in [6.45, 7) is 1.95. The molecule has 0 atom stereocenters. The Hall–Kier alpha value is -3.51. The van der Waals surface area contributed by atoms with E-state index in [4.69, 9.17) is 11.6 Å². The van der Waals surface area contributed by atoms with Crippen molar-refractivity contribution in [1.82, 2.24) is 0 Å². The van der Waals surface area contributed by atoms with E-state index in [-0.39, 0.29) is 16.3 Å². The van der Waals surface area contributed by atoms with Gasteiger partial charge in [0.1, 0.15) is 0 Å². The molecular weight excluding hydrogens is 590 g/mol. The van der Waals surface area contributed by atoms with Crippen LogP contribution >= 0.6 is 23.4 Å². The second-order valence-corrected chi connectivity index (χ2v) is 13.3. The van der Waals surface area contributed by atoms with E-state index in [0.29, 0.717) is 27.6 Å². The zero-order chi connectivity index (χ0) is 28.9. The number of carbonyl (C=O) groups excluding carboxylic acids is 1. The molecule has 208 valence electrons. The predicted octanol–water partition coefficient (Wildman–Crippen LogP) is 6.33. The number of anilines is 3. The van der Waals surface area contributed by atoms with E-state index >= 15 is 0 Å². The van der Waals surface area contributed by atoms with E-state index in [9.17, 15) is 21.6 Å². The van der Waals surface area contributed by atoms with Gasteiger partial charge in [0, 0.05) is 27.7 Å². The molecule has 0 heterocycles. The van der Waals surface area contributed by atoms with E-state index in [0.717, 1.165) is 4.90 Å². The Morgan fingerprint density at radius 1 is 0.825 bits per heavy atom. The Bertz CT molecular complexity index is 1710. The first-order valence-corrected chi connectivity index (χ1v) is 16.5. The molecule has 0 radical (unpaired) electrons. The maximum absolute atomic E-state index is 13.2. The zero-order valence-electron chi connectivity index (χ0n) is 21.5. The van der Waals surface area contributed by atoms with Crippen LogP contribution in [0.1, 0.15) is 17.3 Å². The molecule has 2 N–H and O–H groups in total. The van der Waals surface area contributed by atoms with Crippen molar-refractivity contribution in [3.8, 4) is 0 Å². The fraction of sp³-hybridized carbons (Fsp3) is 0.107. The first-order valence-electron chi connectivity index (χ1n) is 12.0. The minimum Gasteiger partial charge on any atom is -0.322 e. The zero-order valence-corrected chi connectivity index (χ0v) is 24.7. The van der Waals surface area contributed by atoms with Gasteiger partial charge >= 0.3 is 0 Å². The Kier molecular flexibility index (Phi) is 9.09. The van der Waals surface area contributed by atoms with Gasteiger partial charge in [0.15, 0.2) is 0 Å². The van der Waals surface area contributed by atoms with Crippen molar-refractivity contribution in [2.24, 2.45) is 0 Å². The van der Waals surface area contributed by atoms with Crippen LogP contribution in [-0.2, 0) is 20.0 Å². The first kappa shape index (κ1) is 29.5. The lowest BCUT2D eigenvalue weighted by molar-refractivity contribution is 0.102. The van der Waals surface area contributed by atoms with Gasteiger partial charge in [0.05, 0.1) is 21.2 Å². The van der Waals surface area contributed by atoms with Crippen LogP contribution in [0.25, 0.3) is 0 Å². The molecule has 4 rings (SSSR count). The number of hydrogen-bond acceptors (Lipinski definition) is 6. The molecule has 40 heavy (non-hydrogen) atoms. The fourth-order valence-electron chi connectivity index (χ4n) is 3.83. The molecule has 0 saturated heterocycles. The Balaban J connectivity index is 1.44. The molecule has 0 aliphatic carbocycles. The van der Waals surface area contributed by atoms with Crippen LogP contribution in [0.3, 0.4) is 0 Å². The van der Waals surface area contributed by atoms with Crippen LogP contribution in [0.15, 0.2) is 112 Å². The molecule has 0 aliphatic heterocycles. The number of hydrogen-bond donors (Lipinski definition) is 2. The van der Waals surface area contributed by atoms with Crippen molar-refractivity contribution in [1.29, 1.82) is 0 Å². The van der Waals surface area contributed by atoms with Gasteiger partial charge in [0.25, 0.3) is 26.0 Å². The van der Waals surface area contributed by atoms with E-state index in [1.54, 1.807) is 61.5 Å². The molecule has 12 heteroatoms. The summed E-state index contributed by atoms with van der Waals surface area (Å²) >= 11 is 7.45. The van der Waals surface area contributed by atoms with Crippen LogP contribution < -0.4 is 14.3 Å². The van der Waals surface area contributed by atoms with Gasteiger partial charge in [-0.3, -0.25) is 13.8 Å². The molecule has 0 fully saturated rings. The van der Waals surface area contributed by atoms with E-state index < -0.39 is 26.0 Å². The molecule has 1 amide bonds. The maximum Gasteiger partial charge on any atom is 0.264 e. The molecule has 0 aromatic heterocycles. The summed E-state index contributed by atoms with van der Waals surface area (Å²) < 4.78 is 55.5. The average molecular weight is 616 g/mol. The molecule has 0 spiro atoms. The minimum absolute atomic E-state index is 0.0128. The quantitative estimate of drug-likeness (QED) is 0.202. The van der Waals surface area contributed by atoms with Gasteiger partial charge < -0.3 is 5.32 Å². The lowest BCUT2D eigenvalue weighted by Gasteiger charge is -2.23. The summed E-state index contributed by atoms with van der Waals surface area (Å²) in [5, 5.41) is 3.12. The highest BCUT2D eigenvalue weighted by Gasteiger charge is 2.24. The van der Waals surface area contributed by atoms with Crippen molar-refractivity contribution >= 4 is 66.4 Å². The van der Waals surface area contributed by atoms with Gasteiger partial charge in [0.2, 0.25) is 0 Å². The summed E-state index contributed by atoms with van der Waals surface area (Å²) in [7, 11) is -7.64. The summed E-state index contributed by atoms with van der Waals surface area (Å²) in [4.78, 5) is 14.0. The number of amides is 1. The average Bonchev–Trinajstić information content (AvgIpc) is 2.94. The number of rotatable bonds is 10. The summed E-state index contributed by atoms with van der Waals surface area (Å²) in [6, 6.07) is 25.0. The third kappa shape index (κ3) is 6.79. The third-order valence-electron chi connectivity index (χ3n) is 5.85. The molecule has 0 aliphatic rings. The van der Waals surface area contributed by atoms with Crippen LogP contribution in [-0.4, -0.2) is 35.5 Å². The van der Waals surface area contributed by atoms with Gasteiger partial charge in [-0.25, -0.2) is 16.8 Å².